The van der Waals surface area contributed by atoms with Crippen LogP contribution >= 0.6 is 0 Å². The van der Waals surface area contributed by atoms with Gasteiger partial charge in [-0.3, -0.25) is 0 Å². The second-order valence-corrected chi connectivity index (χ2v) is 4.29. The van der Waals surface area contributed by atoms with Gasteiger partial charge in [-0.1, -0.05) is 54.6 Å². The molecule has 0 heterocycles. The summed E-state index contributed by atoms with van der Waals surface area (Å²) in [6, 6.07) is 18.5. The summed E-state index contributed by atoms with van der Waals surface area (Å²) in [4.78, 5) is 0. The van der Waals surface area contributed by atoms with Gasteiger partial charge in [-0.15, -0.1) is 0 Å². The Labute approximate surface area is 109 Å². The van der Waals surface area contributed by atoms with Gasteiger partial charge in [0.1, 0.15) is 12.4 Å². The Bertz CT molecular complexity index is 500. The van der Waals surface area contributed by atoms with Crippen molar-refractivity contribution in [2.45, 2.75) is 13.3 Å². The minimum absolute atomic E-state index is 0.621. The van der Waals surface area contributed by atoms with E-state index in [1.54, 1.807) is 0 Å². The SMILES string of the molecule is Cc1cccc(OCC=CCc2ccccc2)c1. The molecule has 0 saturated heterocycles. The predicted octanol–water partition coefficient (Wildman–Crippen LogP) is 4.17. The molecule has 0 aliphatic carbocycles. The molecule has 0 aliphatic heterocycles. The Morgan fingerprint density at radius 3 is 2.56 bits per heavy atom. The molecule has 0 atom stereocenters. The zero-order valence-electron chi connectivity index (χ0n) is 10.7. The molecule has 0 spiro atoms. The molecular formula is C17H18O. The smallest absolute Gasteiger partial charge is 0.120 e. The monoisotopic (exact) mass is 238 g/mol. The van der Waals surface area contributed by atoms with E-state index in [0.29, 0.717) is 6.61 Å². The summed E-state index contributed by atoms with van der Waals surface area (Å²) in [5.74, 6) is 0.930. The fourth-order valence-corrected chi connectivity index (χ4v) is 1.75. The largest absolute Gasteiger partial charge is 0.490 e. The summed E-state index contributed by atoms with van der Waals surface area (Å²) in [5.41, 5.74) is 2.55. The number of aryl methyl sites for hydroxylation is 1. The first-order valence-corrected chi connectivity index (χ1v) is 6.23. The van der Waals surface area contributed by atoms with Crippen LogP contribution in [0.1, 0.15) is 11.1 Å². The lowest BCUT2D eigenvalue weighted by Gasteiger charge is -2.03. The lowest BCUT2D eigenvalue weighted by atomic mass is 10.1. The lowest BCUT2D eigenvalue weighted by Crippen LogP contribution is -1.93. The summed E-state index contributed by atoms with van der Waals surface area (Å²) >= 11 is 0. The van der Waals surface area contributed by atoms with E-state index in [-0.39, 0.29) is 0 Å². The van der Waals surface area contributed by atoms with Gasteiger partial charge in [0, 0.05) is 0 Å². The number of hydrogen-bond acceptors (Lipinski definition) is 1. The second-order valence-electron chi connectivity index (χ2n) is 4.29. The molecule has 2 aromatic carbocycles. The molecule has 2 rings (SSSR count). The van der Waals surface area contributed by atoms with E-state index in [4.69, 9.17) is 4.74 Å². The fourth-order valence-electron chi connectivity index (χ4n) is 1.75. The Balaban J connectivity index is 1.75. The summed E-state index contributed by atoms with van der Waals surface area (Å²) in [6.07, 6.45) is 5.17. The highest BCUT2D eigenvalue weighted by Crippen LogP contribution is 2.12. The Kier molecular flexibility index (Phi) is 4.60. The third-order valence-corrected chi connectivity index (χ3v) is 2.70. The first-order valence-electron chi connectivity index (χ1n) is 6.23. The zero-order valence-corrected chi connectivity index (χ0v) is 10.7. The van der Waals surface area contributed by atoms with Gasteiger partial charge >= 0.3 is 0 Å². The number of ether oxygens (including phenoxy) is 1. The van der Waals surface area contributed by atoms with Gasteiger partial charge in [0.2, 0.25) is 0 Å². The zero-order chi connectivity index (χ0) is 12.6. The van der Waals surface area contributed by atoms with Crippen molar-refractivity contribution in [3.05, 3.63) is 77.9 Å². The summed E-state index contributed by atoms with van der Waals surface area (Å²) < 4.78 is 5.64. The van der Waals surface area contributed by atoms with Crippen molar-refractivity contribution in [3.8, 4) is 5.75 Å². The predicted molar refractivity (Wildman–Crippen MR) is 76.0 cm³/mol. The molecular weight excluding hydrogens is 220 g/mol. The van der Waals surface area contributed by atoms with Crippen LogP contribution in [0.5, 0.6) is 5.75 Å². The molecule has 0 bridgehead atoms. The van der Waals surface area contributed by atoms with Crippen LogP contribution in [0.25, 0.3) is 0 Å². The van der Waals surface area contributed by atoms with Crippen molar-refractivity contribution in [2.75, 3.05) is 6.61 Å². The lowest BCUT2D eigenvalue weighted by molar-refractivity contribution is 0.362. The minimum Gasteiger partial charge on any atom is -0.490 e. The van der Waals surface area contributed by atoms with Crippen LogP contribution in [-0.4, -0.2) is 6.61 Å². The van der Waals surface area contributed by atoms with Gasteiger partial charge in [0.05, 0.1) is 0 Å². The van der Waals surface area contributed by atoms with Crippen molar-refractivity contribution in [3.63, 3.8) is 0 Å². The van der Waals surface area contributed by atoms with Crippen LogP contribution < -0.4 is 4.74 Å². The highest BCUT2D eigenvalue weighted by molar-refractivity contribution is 5.27. The van der Waals surface area contributed by atoms with E-state index in [1.807, 2.05) is 24.3 Å². The maximum atomic E-state index is 5.64. The molecule has 18 heavy (non-hydrogen) atoms. The molecule has 92 valence electrons. The molecule has 0 aromatic heterocycles. The maximum Gasteiger partial charge on any atom is 0.120 e. The summed E-state index contributed by atoms with van der Waals surface area (Å²) in [7, 11) is 0. The van der Waals surface area contributed by atoms with Gasteiger partial charge in [-0.05, 0) is 36.6 Å². The number of rotatable bonds is 5. The normalized spacial score (nSPS) is 10.7. The fraction of sp³-hybridized carbons (Fsp3) is 0.176. The van der Waals surface area contributed by atoms with E-state index in [1.165, 1.54) is 11.1 Å². The van der Waals surface area contributed by atoms with E-state index < -0.39 is 0 Å². The third kappa shape index (κ3) is 4.10. The highest BCUT2D eigenvalue weighted by atomic mass is 16.5. The quantitative estimate of drug-likeness (QED) is 0.710. The van der Waals surface area contributed by atoms with Crippen molar-refractivity contribution in [1.29, 1.82) is 0 Å². The third-order valence-electron chi connectivity index (χ3n) is 2.70. The standard InChI is InChI=1S/C17H18O/c1-15-8-7-12-17(14-15)18-13-6-5-11-16-9-3-2-4-10-16/h2-10,12,14H,11,13H2,1H3. The van der Waals surface area contributed by atoms with Crippen LogP contribution in [0.2, 0.25) is 0 Å². The second kappa shape index (κ2) is 6.65. The molecule has 0 aliphatic rings. The molecule has 0 amide bonds. The first-order chi connectivity index (χ1) is 8.84. The van der Waals surface area contributed by atoms with Gasteiger partial charge in [0.15, 0.2) is 0 Å². The molecule has 0 radical (unpaired) electrons. The molecule has 0 saturated carbocycles. The van der Waals surface area contributed by atoms with Crippen LogP contribution in [0.15, 0.2) is 66.7 Å². The van der Waals surface area contributed by atoms with Gasteiger partial charge < -0.3 is 4.74 Å². The van der Waals surface area contributed by atoms with Crippen LogP contribution in [0, 0.1) is 6.92 Å². The Hall–Kier alpha value is -2.02. The number of hydrogen-bond donors (Lipinski definition) is 0. The molecule has 2 aromatic rings. The van der Waals surface area contributed by atoms with E-state index in [2.05, 4.69) is 49.4 Å². The van der Waals surface area contributed by atoms with E-state index >= 15 is 0 Å². The van der Waals surface area contributed by atoms with Crippen molar-refractivity contribution in [1.82, 2.24) is 0 Å². The topological polar surface area (TPSA) is 9.23 Å². The minimum atomic E-state index is 0.621. The van der Waals surface area contributed by atoms with E-state index in [0.717, 1.165) is 12.2 Å². The Morgan fingerprint density at radius 1 is 0.944 bits per heavy atom. The molecule has 0 fully saturated rings. The maximum absolute atomic E-state index is 5.64. The number of benzene rings is 2. The molecule has 1 heteroatoms. The van der Waals surface area contributed by atoms with Crippen molar-refractivity contribution >= 4 is 0 Å². The van der Waals surface area contributed by atoms with Crippen molar-refractivity contribution < 1.29 is 4.74 Å². The van der Waals surface area contributed by atoms with Crippen LogP contribution in [0.3, 0.4) is 0 Å². The molecule has 0 N–H and O–H groups in total. The van der Waals surface area contributed by atoms with Gasteiger partial charge in [-0.2, -0.15) is 0 Å². The molecule has 1 nitrogen and oxygen atoms in total. The van der Waals surface area contributed by atoms with Gasteiger partial charge in [-0.25, -0.2) is 0 Å². The Morgan fingerprint density at radius 2 is 1.78 bits per heavy atom. The summed E-state index contributed by atoms with van der Waals surface area (Å²) in [6.45, 7) is 2.69. The summed E-state index contributed by atoms with van der Waals surface area (Å²) in [5, 5.41) is 0. The van der Waals surface area contributed by atoms with Crippen LogP contribution in [0.4, 0.5) is 0 Å². The van der Waals surface area contributed by atoms with Crippen LogP contribution in [-0.2, 0) is 6.42 Å². The average molecular weight is 238 g/mol. The average Bonchev–Trinajstić information content (AvgIpc) is 2.40. The van der Waals surface area contributed by atoms with E-state index in [9.17, 15) is 0 Å². The van der Waals surface area contributed by atoms with Gasteiger partial charge in [0.25, 0.3) is 0 Å². The van der Waals surface area contributed by atoms with Crippen molar-refractivity contribution in [2.24, 2.45) is 0 Å². The molecule has 0 unspecified atom stereocenters. The number of allylic oxidation sites excluding steroid dienone is 1. The first kappa shape index (κ1) is 12.4. The highest BCUT2D eigenvalue weighted by Gasteiger charge is 1.91.